The van der Waals surface area contributed by atoms with Gasteiger partial charge in [-0.05, 0) is 24.3 Å². The van der Waals surface area contributed by atoms with Crippen molar-refractivity contribution in [3.63, 3.8) is 0 Å². The third kappa shape index (κ3) is 2.40. The van der Waals surface area contributed by atoms with Crippen molar-refractivity contribution in [2.24, 2.45) is 0 Å². The molecule has 0 radical (unpaired) electrons. The molecular formula is C15H9N3O3. The van der Waals surface area contributed by atoms with E-state index in [0.29, 0.717) is 16.9 Å². The van der Waals surface area contributed by atoms with Gasteiger partial charge in [-0.25, -0.2) is 9.78 Å². The SMILES string of the molecule is N#Cc1ccc(-c2cn3cccc(OC(=O)O)c3n2)cc1. The van der Waals surface area contributed by atoms with Crippen molar-refractivity contribution in [2.45, 2.75) is 0 Å². The van der Waals surface area contributed by atoms with E-state index in [1.165, 1.54) is 0 Å². The van der Waals surface area contributed by atoms with Crippen LogP contribution in [0.4, 0.5) is 4.79 Å². The number of nitrogens with zero attached hydrogens (tertiary/aromatic N) is 3. The molecule has 102 valence electrons. The second-order valence-corrected chi connectivity index (χ2v) is 4.29. The predicted molar refractivity (Wildman–Crippen MR) is 74.0 cm³/mol. The second-order valence-electron chi connectivity index (χ2n) is 4.29. The fraction of sp³-hybridized carbons (Fsp3) is 0. The van der Waals surface area contributed by atoms with Crippen molar-refractivity contribution in [3.8, 4) is 23.1 Å². The van der Waals surface area contributed by atoms with Crippen molar-refractivity contribution in [3.05, 3.63) is 54.4 Å². The van der Waals surface area contributed by atoms with Crippen LogP contribution < -0.4 is 4.74 Å². The number of hydrogen-bond donors (Lipinski definition) is 1. The van der Waals surface area contributed by atoms with Gasteiger partial charge in [0.25, 0.3) is 0 Å². The molecule has 0 saturated carbocycles. The molecule has 0 fully saturated rings. The zero-order chi connectivity index (χ0) is 14.8. The number of benzene rings is 1. The van der Waals surface area contributed by atoms with Gasteiger partial charge in [0.15, 0.2) is 11.4 Å². The molecule has 0 atom stereocenters. The van der Waals surface area contributed by atoms with Crippen molar-refractivity contribution in [1.82, 2.24) is 9.38 Å². The van der Waals surface area contributed by atoms with E-state index in [-0.39, 0.29) is 5.75 Å². The number of ether oxygens (including phenoxy) is 1. The monoisotopic (exact) mass is 279 g/mol. The largest absolute Gasteiger partial charge is 0.511 e. The number of rotatable bonds is 2. The van der Waals surface area contributed by atoms with Crippen LogP contribution in [0.15, 0.2) is 48.8 Å². The molecule has 1 N–H and O–H groups in total. The summed E-state index contributed by atoms with van der Waals surface area (Å²) >= 11 is 0. The van der Waals surface area contributed by atoms with E-state index in [4.69, 9.17) is 15.1 Å². The third-order valence-electron chi connectivity index (χ3n) is 2.95. The van der Waals surface area contributed by atoms with Crippen LogP contribution in [0, 0.1) is 11.3 Å². The van der Waals surface area contributed by atoms with Gasteiger partial charge in [-0.1, -0.05) is 12.1 Å². The Morgan fingerprint density at radius 1 is 1.29 bits per heavy atom. The Bertz CT molecular complexity index is 860. The normalized spacial score (nSPS) is 10.2. The summed E-state index contributed by atoms with van der Waals surface area (Å²) in [6, 6.07) is 12.3. The van der Waals surface area contributed by atoms with E-state index in [1.807, 2.05) is 0 Å². The number of pyridine rings is 1. The first-order valence-corrected chi connectivity index (χ1v) is 6.06. The van der Waals surface area contributed by atoms with Crippen molar-refractivity contribution >= 4 is 11.8 Å². The van der Waals surface area contributed by atoms with E-state index in [0.717, 1.165) is 5.56 Å². The molecule has 3 aromatic rings. The summed E-state index contributed by atoms with van der Waals surface area (Å²) < 4.78 is 6.39. The Kier molecular flexibility index (Phi) is 3.01. The van der Waals surface area contributed by atoms with Gasteiger partial charge in [0.05, 0.1) is 17.3 Å². The van der Waals surface area contributed by atoms with Gasteiger partial charge in [0, 0.05) is 18.0 Å². The summed E-state index contributed by atoms with van der Waals surface area (Å²) in [4.78, 5) is 15.1. The fourth-order valence-corrected chi connectivity index (χ4v) is 2.02. The van der Waals surface area contributed by atoms with Gasteiger partial charge >= 0.3 is 6.16 Å². The van der Waals surface area contributed by atoms with Gasteiger partial charge in [-0.2, -0.15) is 5.26 Å². The maximum atomic E-state index is 10.7. The van der Waals surface area contributed by atoms with Crippen LogP contribution in [0.2, 0.25) is 0 Å². The highest BCUT2D eigenvalue weighted by Gasteiger charge is 2.11. The third-order valence-corrected chi connectivity index (χ3v) is 2.95. The number of aromatic nitrogens is 2. The van der Waals surface area contributed by atoms with Crippen LogP contribution in [-0.4, -0.2) is 20.6 Å². The second kappa shape index (κ2) is 4.98. The van der Waals surface area contributed by atoms with Crippen LogP contribution in [0.25, 0.3) is 16.9 Å². The minimum atomic E-state index is -1.38. The summed E-state index contributed by atoms with van der Waals surface area (Å²) in [5.74, 6) is 0.171. The molecule has 2 aromatic heterocycles. The van der Waals surface area contributed by atoms with Crippen LogP contribution >= 0.6 is 0 Å². The Balaban J connectivity index is 2.08. The zero-order valence-corrected chi connectivity index (χ0v) is 10.7. The van der Waals surface area contributed by atoms with E-state index in [1.54, 1.807) is 53.2 Å². The lowest BCUT2D eigenvalue weighted by molar-refractivity contribution is 0.145. The first kappa shape index (κ1) is 12.7. The number of nitriles is 1. The number of hydrogen-bond acceptors (Lipinski definition) is 4. The van der Waals surface area contributed by atoms with E-state index < -0.39 is 6.16 Å². The molecule has 1 aromatic carbocycles. The maximum Gasteiger partial charge on any atom is 0.511 e. The van der Waals surface area contributed by atoms with Crippen LogP contribution in [0.1, 0.15) is 5.56 Å². The highest BCUT2D eigenvalue weighted by molar-refractivity contribution is 5.70. The molecule has 0 saturated heterocycles. The van der Waals surface area contributed by atoms with E-state index in [9.17, 15) is 4.79 Å². The highest BCUT2D eigenvalue weighted by Crippen LogP contribution is 2.24. The van der Waals surface area contributed by atoms with Gasteiger partial charge < -0.3 is 14.2 Å². The van der Waals surface area contributed by atoms with Crippen LogP contribution in [-0.2, 0) is 0 Å². The maximum absolute atomic E-state index is 10.7. The van der Waals surface area contributed by atoms with Crippen molar-refractivity contribution < 1.29 is 14.6 Å². The summed E-state index contributed by atoms with van der Waals surface area (Å²) in [6.45, 7) is 0. The lowest BCUT2D eigenvalue weighted by atomic mass is 10.1. The summed E-state index contributed by atoms with van der Waals surface area (Å²) in [7, 11) is 0. The average Bonchev–Trinajstić information content (AvgIpc) is 2.92. The standard InChI is InChI=1S/C15H9N3O3/c16-8-10-3-5-11(6-4-10)12-9-18-7-1-2-13(14(18)17-12)21-15(19)20/h1-7,9H,(H,19,20). The first-order valence-electron chi connectivity index (χ1n) is 6.06. The fourth-order valence-electron chi connectivity index (χ4n) is 2.02. The Morgan fingerprint density at radius 2 is 2.05 bits per heavy atom. The molecule has 6 heteroatoms. The van der Waals surface area contributed by atoms with Gasteiger partial charge in [0.1, 0.15) is 0 Å². The van der Waals surface area contributed by atoms with Gasteiger partial charge in [-0.15, -0.1) is 0 Å². The predicted octanol–water partition coefficient (Wildman–Crippen LogP) is 2.93. The minimum Gasteiger partial charge on any atom is -0.449 e. The molecule has 6 nitrogen and oxygen atoms in total. The molecule has 3 rings (SSSR count). The van der Waals surface area contributed by atoms with E-state index >= 15 is 0 Å². The lowest BCUT2D eigenvalue weighted by Gasteiger charge is -2.00. The molecule has 0 amide bonds. The number of carboxylic acid groups (broad SMARTS) is 1. The van der Waals surface area contributed by atoms with Crippen molar-refractivity contribution in [1.29, 1.82) is 5.26 Å². The molecule has 0 aliphatic heterocycles. The Morgan fingerprint density at radius 3 is 2.71 bits per heavy atom. The molecule has 21 heavy (non-hydrogen) atoms. The zero-order valence-electron chi connectivity index (χ0n) is 10.7. The van der Waals surface area contributed by atoms with E-state index in [2.05, 4.69) is 11.1 Å². The Labute approximate surface area is 119 Å². The summed E-state index contributed by atoms with van der Waals surface area (Å²) in [6.07, 6.45) is 2.14. The lowest BCUT2D eigenvalue weighted by Crippen LogP contribution is -2.04. The summed E-state index contributed by atoms with van der Waals surface area (Å²) in [5, 5.41) is 17.5. The quantitative estimate of drug-likeness (QED) is 0.729. The molecule has 0 spiro atoms. The first-order chi connectivity index (χ1) is 10.2. The highest BCUT2D eigenvalue weighted by atomic mass is 16.7. The molecule has 0 bridgehead atoms. The molecule has 0 aliphatic rings. The summed E-state index contributed by atoms with van der Waals surface area (Å²) in [5.41, 5.74) is 2.48. The van der Waals surface area contributed by atoms with Gasteiger partial charge in [-0.3, -0.25) is 0 Å². The smallest absolute Gasteiger partial charge is 0.449 e. The molecule has 0 unspecified atom stereocenters. The number of carbonyl (C=O) groups is 1. The molecule has 2 heterocycles. The topological polar surface area (TPSA) is 87.6 Å². The van der Waals surface area contributed by atoms with Gasteiger partial charge in [0.2, 0.25) is 0 Å². The molecule has 0 aliphatic carbocycles. The van der Waals surface area contributed by atoms with Crippen molar-refractivity contribution in [2.75, 3.05) is 0 Å². The molecular weight excluding hydrogens is 270 g/mol. The Hall–Kier alpha value is -3.33. The average molecular weight is 279 g/mol. The number of imidazole rings is 1. The minimum absolute atomic E-state index is 0.171. The van der Waals surface area contributed by atoms with Crippen LogP contribution in [0.5, 0.6) is 5.75 Å². The van der Waals surface area contributed by atoms with Crippen LogP contribution in [0.3, 0.4) is 0 Å². The number of fused-ring (bicyclic) bond motifs is 1.